The van der Waals surface area contributed by atoms with Gasteiger partial charge in [-0.3, -0.25) is 5.32 Å². The zero-order valence-electron chi connectivity index (χ0n) is 12.5. The maximum Gasteiger partial charge on any atom is 0.330 e. The average Bonchev–Trinajstić information content (AvgIpc) is 2.37. The van der Waals surface area contributed by atoms with Gasteiger partial charge in [0.15, 0.2) is 0 Å². The van der Waals surface area contributed by atoms with Crippen LogP contribution >= 0.6 is 0 Å². The van der Waals surface area contributed by atoms with Crippen LogP contribution in [-0.2, 0) is 15.1 Å². The Balaban J connectivity index is 2.92. The Morgan fingerprint density at radius 1 is 1.32 bits per heavy atom. The summed E-state index contributed by atoms with van der Waals surface area (Å²) in [7, 11) is 5.43. The minimum atomic E-state index is -0.807. The number of rotatable bonds is 6. The molecule has 1 aromatic carbocycles. The predicted molar refractivity (Wildman–Crippen MR) is 77.1 cm³/mol. The van der Waals surface area contributed by atoms with Crippen molar-refractivity contribution in [2.24, 2.45) is 0 Å². The molecule has 1 rings (SSSR count). The fourth-order valence-electron chi connectivity index (χ4n) is 1.91. The molecule has 0 aliphatic heterocycles. The first-order valence-electron chi connectivity index (χ1n) is 6.45. The molecule has 0 saturated heterocycles. The number of methoxy groups -OCH3 is 1. The summed E-state index contributed by atoms with van der Waals surface area (Å²) in [4.78, 5) is 14.2. The third-order valence-electron chi connectivity index (χ3n) is 3.26. The van der Waals surface area contributed by atoms with E-state index >= 15 is 0 Å². The Labute approximate surface area is 115 Å². The van der Waals surface area contributed by atoms with E-state index in [1.165, 1.54) is 12.7 Å². The van der Waals surface area contributed by atoms with Gasteiger partial charge in [0.05, 0.1) is 7.11 Å². The molecular formula is C15H24N2O2. The summed E-state index contributed by atoms with van der Waals surface area (Å²) in [6.45, 7) is 5.46. The van der Waals surface area contributed by atoms with Gasteiger partial charge in [-0.05, 0) is 33.5 Å². The first-order chi connectivity index (χ1) is 8.90. The molecule has 4 nitrogen and oxygen atoms in total. The van der Waals surface area contributed by atoms with Gasteiger partial charge in [-0.15, -0.1) is 0 Å². The molecule has 0 fully saturated rings. The highest BCUT2D eigenvalue weighted by atomic mass is 16.5. The highest BCUT2D eigenvalue weighted by Crippen LogP contribution is 2.22. The van der Waals surface area contributed by atoms with Crippen LogP contribution in [0.15, 0.2) is 24.3 Å². The number of nitrogens with one attached hydrogen (secondary N) is 1. The van der Waals surface area contributed by atoms with Gasteiger partial charge in [-0.1, -0.05) is 29.8 Å². The smallest absolute Gasteiger partial charge is 0.330 e. The number of benzene rings is 1. The molecule has 0 saturated carbocycles. The van der Waals surface area contributed by atoms with E-state index in [0.29, 0.717) is 6.54 Å². The first-order valence-corrected chi connectivity index (χ1v) is 6.45. The molecule has 1 N–H and O–H groups in total. The number of nitrogens with zero attached hydrogens (tertiary/aromatic N) is 1. The van der Waals surface area contributed by atoms with E-state index in [9.17, 15) is 4.79 Å². The molecule has 0 radical (unpaired) electrons. The molecule has 19 heavy (non-hydrogen) atoms. The number of hydrogen-bond donors (Lipinski definition) is 1. The maximum absolute atomic E-state index is 12.1. The minimum Gasteiger partial charge on any atom is -0.467 e. The topological polar surface area (TPSA) is 41.6 Å². The van der Waals surface area contributed by atoms with Crippen LogP contribution in [0, 0.1) is 6.92 Å². The summed E-state index contributed by atoms with van der Waals surface area (Å²) in [6.07, 6.45) is 0. The molecule has 1 atom stereocenters. The minimum absolute atomic E-state index is 0.268. The Kier molecular flexibility index (Phi) is 5.51. The SMILES string of the molecule is COC(=O)C(C)(NCCN(C)C)c1ccc(C)cc1. The lowest BCUT2D eigenvalue weighted by molar-refractivity contribution is -0.148. The summed E-state index contributed by atoms with van der Waals surface area (Å²) in [6, 6.07) is 7.94. The number of carbonyl (C=O) groups is 1. The Morgan fingerprint density at radius 2 is 1.89 bits per heavy atom. The second-order valence-electron chi connectivity index (χ2n) is 5.21. The van der Waals surface area contributed by atoms with E-state index in [0.717, 1.165) is 12.1 Å². The molecule has 0 heterocycles. The van der Waals surface area contributed by atoms with Crippen LogP contribution in [0.3, 0.4) is 0 Å². The number of aryl methyl sites for hydroxylation is 1. The average molecular weight is 264 g/mol. The van der Waals surface area contributed by atoms with Gasteiger partial charge in [-0.2, -0.15) is 0 Å². The molecule has 1 aromatic rings. The number of ether oxygens (including phenoxy) is 1. The lowest BCUT2D eigenvalue weighted by Crippen LogP contribution is -2.49. The third-order valence-corrected chi connectivity index (χ3v) is 3.26. The van der Waals surface area contributed by atoms with E-state index in [2.05, 4.69) is 10.2 Å². The highest BCUT2D eigenvalue weighted by Gasteiger charge is 2.35. The van der Waals surface area contributed by atoms with Crippen molar-refractivity contribution in [2.75, 3.05) is 34.3 Å². The molecule has 1 unspecified atom stereocenters. The number of likely N-dealkylation sites (N-methyl/N-ethyl adjacent to an activating group) is 1. The molecule has 0 aliphatic carbocycles. The third kappa shape index (κ3) is 4.04. The number of carbonyl (C=O) groups excluding carboxylic acids is 1. The molecule has 0 spiro atoms. The Hall–Kier alpha value is -1.39. The second kappa shape index (κ2) is 6.68. The van der Waals surface area contributed by atoms with Gasteiger partial charge in [-0.25, -0.2) is 4.79 Å². The monoisotopic (exact) mass is 264 g/mol. The van der Waals surface area contributed by atoms with E-state index < -0.39 is 5.54 Å². The lowest BCUT2D eigenvalue weighted by atomic mass is 9.91. The van der Waals surface area contributed by atoms with Crippen molar-refractivity contribution >= 4 is 5.97 Å². The van der Waals surface area contributed by atoms with Crippen LogP contribution in [0.1, 0.15) is 18.1 Å². The molecule has 106 valence electrons. The quantitative estimate of drug-likeness (QED) is 0.791. The van der Waals surface area contributed by atoms with Crippen LogP contribution < -0.4 is 5.32 Å². The Bertz CT molecular complexity index is 415. The van der Waals surface area contributed by atoms with E-state index in [4.69, 9.17) is 4.74 Å². The second-order valence-corrected chi connectivity index (χ2v) is 5.21. The zero-order valence-corrected chi connectivity index (χ0v) is 12.5. The van der Waals surface area contributed by atoms with Crippen molar-refractivity contribution in [1.82, 2.24) is 10.2 Å². The fourth-order valence-corrected chi connectivity index (χ4v) is 1.91. The molecule has 0 aliphatic rings. The van der Waals surface area contributed by atoms with Gasteiger partial charge in [0.1, 0.15) is 5.54 Å². The van der Waals surface area contributed by atoms with E-state index in [1.54, 1.807) is 0 Å². The molecule has 0 bridgehead atoms. The number of hydrogen-bond acceptors (Lipinski definition) is 4. The highest BCUT2D eigenvalue weighted by molar-refractivity contribution is 5.82. The van der Waals surface area contributed by atoms with Crippen molar-refractivity contribution in [3.05, 3.63) is 35.4 Å². The molecule has 0 aromatic heterocycles. The summed E-state index contributed by atoms with van der Waals surface area (Å²) in [5.74, 6) is -0.268. The van der Waals surface area contributed by atoms with Crippen molar-refractivity contribution in [3.8, 4) is 0 Å². The standard InChI is InChI=1S/C15H24N2O2/c1-12-6-8-13(9-7-12)15(2,14(18)19-5)16-10-11-17(3)4/h6-9,16H,10-11H2,1-5H3. The summed E-state index contributed by atoms with van der Waals surface area (Å²) >= 11 is 0. The number of esters is 1. The zero-order chi connectivity index (χ0) is 14.5. The Morgan fingerprint density at radius 3 is 2.37 bits per heavy atom. The molecular weight excluding hydrogens is 240 g/mol. The van der Waals surface area contributed by atoms with Gasteiger partial charge >= 0.3 is 5.97 Å². The molecule has 4 heteroatoms. The van der Waals surface area contributed by atoms with Gasteiger partial charge in [0, 0.05) is 13.1 Å². The van der Waals surface area contributed by atoms with E-state index in [1.807, 2.05) is 52.2 Å². The van der Waals surface area contributed by atoms with Crippen LogP contribution in [0.25, 0.3) is 0 Å². The molecule has 0 amide bonds. The summed E-state index contributed by atoms with van der Waals surface area (Å²) in [5, 5.41) is 3.30. The summed E-state index contributed by atoms with van der Waals surface area (Å²) < 4.78 is 4.94. The van der Waals surface area contributed by atoms with Crippen LogP contribution in [0.2, 0.25) is 0 Å². The van der Waals surface area contributed by atoms with Gasteiger partial charge < -0.3 is 9.64 Å². The van der Waals surface area contributed by atoms with Crippen LogP contribution in [-0.4, -0.2) is 45.2 Å². The summed E-state index contributed by atoms with van der Waals surface area (Å²) in [5.41, 5.74) is 1.28. The van der Waals surface area contributed by atoms with E-state index in [-0.39, 0.29) is 5.97 Å². The van der Waals surface area contributed by atoms with Crippen molar-refractivity contribution in [1.29, 1.82) is 0 Å². The lowest BCUT2D eigenvalue weighted by Gasteiger charge is -2.29. The first kappa shape index (κ1) is 15.7. The normalized spacial score (nSPS) is 14.2. The van der Waals surface area contributed by atoms with Crippen LogP contribution in [0.4, 0.5) is 0 Å². The van der Waals surface area contributed by atoms with Gasteiger partial charge in [0.25, 0.3) is 0 Å². The van der Waals surface area contributed by atoms with Crippen molar-refractivity contribution in [3.63, 3.8) is 0 Å². The largest absolute Gasteiger partial charge is 0.467 e. The predicted octanol–water partition coefficient (Wildman–Crippen LogP) is 1.53. The van der Waals surface area contributed by atoms with Gasteiger partial charge in [0.2, 0.25) is 0 Å². The fraction of sp³-hybridized carbons (Fsp3) is 0.533. The van der Waals surface area contributed by atoms with Crippen molar-refractivity contribution in [2.45, 2.75) is 19.4 Å². The van der Waals surface area contributed by atoms with Crippen molar-refractivity contribution < 1.29 is 9.53 Å². The maximum atomic E-state index is 12.1. The van der Waals surface area contributed by atoms with Crippen LogP contribution in [0.5, 0.6) is 0 Å².